The number of alkyl carbamates (subject to hydrolysis) is 1. The molecule has 7 aliphatic rings. The van der Waals surface area contributed by atoms with Crippen molar-refractivity contribution in [2.45, 2.75) is 365 Å². The number of aliphatic hydroxyl groups is 2. The van der Waals surface area contributed by atoms with Gasteiger partial charge in [-0.05, 0) is 266 Å². The fourth-order valence-corrected chi connectivity index (χ4v) is 11.7. The maximum Gasteiger partial charge on any atom is 0.514 e. The zero-order chi connectivity index (χ0) is 77.5. The van der Waals surface area contributed by atoms with Crippen molar-refractivity contribution in [3.05, 3.63) is 107 Å². The van der Waals surface area contributed by atoms with E-state index in [9.17, 15) is 59.0 Å². The van der Waals surface area contributed by atoms with Crippen molar-refractivity contribution in [2.75, 3.05) is 0 Å². The largest absolute Gasteiger partial charge is 0.514 e. The first-order valence-corrected chi connectivity index (χ1v) is 38.9. The number of aliphatic hydroxyl groups excluding tert-OH is 2. The molecule has 0 spiro atoms. The predicted molar refractivity (Wildman–Crippen MR) is 407 cm³/mol. The lowest BCUT2D eigenvalue weighted by Crippen LogP contribution is -2.43. The molecule has 1 aliphatic heterocycles. The number of benzene rings is 1. The average molecular weight is 1480 g/mol. The molecule has 0 bridgehead atoms. The number of unbranched alkanes of at least 4 members (excludes halogenated alkanes) is 4. The molecule has 105 heavy (non-hydrogen) atoms. The van der Waals surface area contributed by atoms with Crippen LogP contribution in [0.3, 0.4) is 0 Å². The van der Waals surface area contributed by atoms with Gasteiger partial charge in [-0.25, -0.2) is 14.4 Å². The molecule has 23 heteroatoms. The number of rotatable bonds is 20. The van der Waals surface area contributed by atoms with E-state index in [1.54, 1.807) is 20.8 Å². The number of nitro benzene ring substituents is 1. The van der Waals surface area contributed by atoms with Crippen LogP contribution in [0.2, 0.25) is 0 Å². The summed E-state index contributed by atoms with van der Waals surface area (Å²) in [6.07, 6.45) is 61.4. The SMILES string of the molecule is C1=CCCC2OC2CC1.CC(=O)OC(C)(C)C.CC(C)(C)OC(=O)N[C@@H](CCCCCC(=O)OC1CC/C=C/CCC1)C(=O)O.N[C@@H](CCCCCC(=O)OC1CC/C=C/CCC1)C(=O)O.O=C(Oc1ccc([N+](=O)[O-])cc1)OC1CC/C=C/CCC1.OC1CC/C=C/CCC1.OC1CC/C=C\CCC1. The predicted octanol–water partition coefficient (Wildman–Crippen LogP) is 18.1. The van der Waals surface area contributed by atoms with E-state index in [-0.39, 0.29) is 65.5 Å². The maximum atomic E-state index is 12.0. The Morgan fingerprint density at radius 1 is 0.495 bits per heavy atom. The van der Waals surface area contributed by atoms with E-state index < -0.39 is 46.8 Å². The first-order chi connectivity index (χ1) is 50.1. The Morgan fingerprint density at radius 3 is 1.24 bits per heavy atom. The van der Waals surface area contributed by atoms with E-state index in [1.165, 1.54) is 56.9 Å². The van der Waals surface area contributed by atoms with Gasteiger partial charge in [0.25, 0.3) is 5.69 Å². The summed E-state index contributed by atoms with van der Waals surface area (Å²) in [5, 5.41) is 49.2. The van der Waals surface area contributed by atoms with Crippen LogP contribution in [0, 0.1) is 10.1 Å². The molecule has 1 aromatic carbocycles. The fourth-order valence-electron chi connectivity index (χ4n) is 11.7. The number of carboxylic acids is 2. The highest BCUT2D eigenvalue weighted by atomic mass is 16.7. The highest BCUT2D eigenvalue weighted by Crippen LogP contribution is 2.32. The number of nitrogens with zero attached hydrogens (tertiary/aromatic N) is 1. The molecule has 7 unspecified atom stereocenters. The number of carboxylic acid groups (broad SMARTS) is 2. The highest BCUT2D eigenvalue weighted by molar-refractivity contribution is 5.80. The summed E-state index contributed by atoms with van der Waals surface area (Å²) in [7, 11) is 0. The van der Waals surface area contributed by atoms with E-state index >= 15 is 0 Å². The molecule has 8 rings (SSSR count). The van der Waals surface area contributed by atoms with Crippen molar-refractivity contribution < 1.29 is 92.1 Å². The summed E-state index contributed by atoms with van der Waals surface area (Å²) in [6.45, 7) is 12.1. The number of fused-ring (bicyclic) bond motifs is 1. The second-order valence-corrected chi connectivity index (χ2v) is 29.5. The Bertz CT molecular complexity index is 2740. The van der Waals surface area contributed by atoms with E-state index in [0.717, 1.165) is 180 Å². The number of carbonyl (C=O) groups is 7. The molecule has 1 saturated heterocycles. The zero-order valence-electron chi connectivity index (χ0n) is 64.4. The molecule has 9 atom stereocenters. The summed E-state index contributed by atoms with van der Waals surface area (Å²) >= 11 is 0. The third kappa shape index (κ3) is 55.0. The minimum Gasteiger partial charge on any atom is -0.480 e. The van der Waals surface area contributed by atoms with Crippen LogP contribution in [0.5, 0.6) is 5.75 Å². The molecule has 1 aromatic rings. The van der Waals surface area contributed by atoms with Gasteiger partial charge < -0.3 is 64.6 Å². The molecule has 1 heterocycles. The van der Waals surface area contributed by atoms with Gasteiger partial charge in [-0.3, -0.25) is 29.3 Å². The summed E-state index contributed by atoms with van der Waals surface area (Å²) < 4.78 is 36.6. The average Bonchev–Trinajstić information content (AvgIpc) is 1.31. The van der Waals surface area contributed by atoms with Gasteiger partial charge >= 0.3 is 42.1 Å². The van der Waals surface area contributed by atoms with Crippen molar-refractivity contribution >= 4 is 47.8 Å². The molecular weight excluding hydrogens is 1350 g/mol. The third-order valence-corrected chi connectivity index (χ3v) is 17.4. The van der Waals surface area contributed by atoms with Gasteiger partial charge in [0.05, 0.1) is 29.3 Å². The Balaban J connectivity index is 0.000000438. The Labute approximate surface area is 626 Å². The number of allylic oxidation sites excluding steroid dienone is 12. The number of nitro groups is 1. The first-order valence-electron chi connectivity index (χ1n) is 38.9. The van der Waals surface area contributed by atoms with Crippen LogP contribution in [0.4, 0.5) is 15.3 Å². The minimum absolute atomic E-state index is 0.00636. The molecular formula is C82H131N3O20. The number of nitrogens with two attached hydrogens (primary N) is 1. The Morgan fingerprint density at radius 2 is 0.867 bits per heavy atom. The van der Waals surface area contributed by atoms with Crippen LogP contribution in [0.1, 0.15) is 299 Å². The summed E-state index contributed by atoms with van der Waals surface area (Å²) in [5.41, 5.74) is 4.35. The van der Waals surface area contributed by atoms with Crippen LogP contribution in [0.25, 0.3) is 0 Å². The Kier molecular flexibility index (Phi) is 51.0. The van der Waals surface area contributed by atoms with Crippen molar-refractivity contribution in [3.8, 4) is 5.75 Å². The van der Waals surface area contributed by atoms with E-state index in [1.807, 2.05) is 20.8 Å². The maximum absolute atomic E-state index is 12.0. The van der Waals surface area contributed by atoms with Crippen molar-refractivity contribution in [1.29, 1.82) is 0 Å². The van der Waals surface area contributed by atoms with Crippen molar-refractivity contribution in [1.82, 2.24) is 5.32 Å². The number of amides is 1. The van der Waals surface area contributed by atoms with Gasteiger partial charge in [0.2, 0.25) is 0 Å². The number of aliphatic carboxylic acids is 2. The summed E-state index contributed by atoms with van der Waals surface area (Å²) in [4.78, 5) is 89.3. The van der Waals surface area contributed by atoms with Crippen molar-refractivity contribution in [2.24, 2.45) is 5.73 Å². The molecule has 23 nitrogen and oxygen atoms in total. The number of non-ortho nitro benzene ring substituents is 1. The molecule has 0 saturated carbocycles. The molecule has 594 valence electrons. The van der Waals surface area contributed by atoms with Crippen LogP contribution >= 0.6 is 0 Å². The topological polar surface area (TPSA) is 350 Å². The highest BCUT2D eigenvalue weighted by Gasteiger charge is 2.37. The van der Waals surface area contributed by atoms with E-state index in [0.29, 0.717) is 57.2 Å². The number of epoxide rings is 1. The summed E-state index contributed by atoms with van der Waals surface area (Å²) in [5.74, 6) is -2.37. The smallest absolute Gasteiger partial charge is 0.480 e. The number of carbonyl (C=O) groups excluding carboxylic acids is 5. The van der Waals surface area contributed by atoms with Gasteiger partial charge in [-0.15, -0.1) is 0 Å². The van der Waals surface area contributed by atoms with Gasteiger partial charge in [-0.2, -0.15) is 0 Å². The lowest BCUT2D eigenvalue weighted by Gasteiger charge is -2.22. The minimum atomic E-state index is -1.09. The quantitative estimate of drug-likeness (QED) is 0.0103. The summed E-state index contributed by atoms with van der Waals surface area (Å²) in [6, 6.07) is 3.53. The second-order valence-electron chi connectivity index (χ2n) is 29.5. The number of nitrogens with one attached hydrogen (secondary N) is 1. The van der Waals surface area contributed by atoms with E-state index in [4.69, 9.17) is 44.0 Å². The monoisotopic (exact) mass is 1480 g/mol. The molecule has 7 N–H and O–H groups in total. The normalized spacial score (nSPS) is 23.5. The molecule has 6 aliphatic carbocycles. The van der Waals surface area contributed by atoms with E-state index in [2.05, 4.69) is 78.2 Å². The number of hydrogen-bond acceptors (Lipinski definition) is 19. The second kappa shape index (κ2) is 57.0. The van der Waals surface area contributed by atoms with Crippen LogP contribution in [0.15, 0.2) is 97.2 Å². The van der Waals surface area contributed by atoms with Crippen LogP contribution < -0.4 is 15.8 Å². The lowest BCUT2D eigenvalue weighted by molar-refractivity contribution is -0.384. The van der Waals surface area contributed by atoms with Gasteiger partial charge in [0.1, 0.15) is 47.3 Å². The molecule has 0 radical (unpaired) electrons. The number of hydrogen-bond donors (Lipinski definition) is 6. The van der Waals surface area contributed by atoms with Gasteiger partial charge in [0, 0.05) is 31.9 Å². The third-order valence-electron chi connectivity index (χ3n) is 17.4. The molecule has 1 amide bonds. The Hall–Kier alpha value is -7.21. The van der Waals surface area contributed by atoms with Gasteiger partial charge in [0.15, 0.2) is 0 Å². The fraction of sp³-hybridized carbons (Fsp3) is 0.695. The number of ether oxygens (including phenoxy) is 7. The zero-order valence-corrected chi connectivity index (χ0v) is 64.4. The van der Waals surface area contributed by atoms with Crippen LogP contribution in [-0.4, -0.2) is 133 Å². The first kappa shape index (κ1) is 93.9. The van der Waals surface area contributed by atoms with Crippen molar-refractivity contribution in [3.63, 3.8) is 0 Å². The standard InChI is InChI=1S/C21H35NO6.C16H27NO4.C15H17NO5.C8H12O.2C8H14O.C6H12O2/c1-21(2,3)28-20(26)22-17(19(24)25)14-10-7-11-15-18(23)27-16-12-8-5-4-6-9-13-16;17-14(16(19)20)11-7-4-8-12-15(18)21-13-9-5-2-1-3-6-10-13;17-15(20-13-6-4-2-1-3-5-7-13)21-14-10-8-12(9-11-14)16(18)19;1-2-4-6-8-7(9-8)5-3-1;2*9-8-6-4-2-1-3-5-7-8;1-5(7)8-6(2,3)4/h4-5,16-17H,6-15H2,1-3H3,(H,22,26)(H,24,25);1-2,13-14H,3-12,17H2,(H,19,20);1-2,8-11,13H,3-7H2;1-2,7-8H,3-6H2;2*1-2,8-9H,3-7H2;1-4H3/b5-4+;2*2-1+;;2-1+;2-1-;/t16?,17-;13?,14-;;;;;/m00...../s1. The number of esters is 3. The van der Waals surface area contributed by atoms with Crippen LogP contribution in [-0.2, 0) is 52.4 Å². The lowest BCUT2D eigenvalue weighted by atomic mass is 10.0. The van der Waals surface area contributed by atoms with Gasteiger partial charge in [-0.1, -0.05) is 98.6 Å². The molecule has 1 fully saturated rings. The molecule has 0 aromatic heterocycles.